The van der Waals surface area contributed by atoms with Gasteiger partial charge in [0, 0.05) is 26.2 Å². The highest BCUT2D eigenvalue weighted by Crippen LogP contribution is 2.32. The number of aliphatic imine (C=N–C) groups is 1. The van der Waals surface area contributed by atoms with E-state index in [1.807, 2.05) is 6.08 Å². The van der Waals surface area contributed by atoms with E-state index in [4.69, 9.17) is 4.74 Å². The quantitative estimate of drug-likeness (QED) is 0.335. The van der Waals surface area contributed by atoms with Gasteiger partial charge in [-0.05, 0) is 43.7 Å². The maximum Gasteiger partial charge on any atom is 0.191 e. The van der Waals surface area contributed by atoms with Gasteiger partial charge in [-0.15, -0.1) is 6.58 Å². The van der Waals surface area contributed by atoms with Crippen LogP contribution >= 0.6 is 0 Å². The van der Waals surface area contributed by atoms with Crippen molar-refractivity contribution >= 4 is 5.96 Å². The molecular formula is C19H29N3O. The van der Waals surface area contributed by atoms with Gasteiger partial charge in [-0.1, -0.05) is 30.3 Å². The molecule has 4 nitrogen and oxygen atoms in total. The molecule has 0 heterocycles. The van der Waals surface area contributed by atoms with Gasteiger partial charge in [-0.2, -0.15) is 0 Å². The molecule has 0 fully saturated rings. The summed E-state index contributed by atoms with van der Waals surface area (Å²) in [6.07, 6.45) is 6.55. The van der Waals surface area contributed by atoms with Crippen LogP contribution in [-0.4, -0.2) is 32.2 Å². The lowest BCUT2D eigenvalue weighted by molar-refractivity contribution is 0.0403. The van der Waals surface area contributed by atoms with E-state index < -0.39 is 0 Å². The molecule has 0 saturated heterocycles. The first-order valence-electron chi connectivity index (χ1n) is 8.67. The van der Waals surface area contributed by atoms with E-state index >= 15 is 0 Å². The second-order valence-corrected chi connectivity index (χ2v) is 5.73. The van der Waals surface area contributed by atoms with Crippen LogP contribution in [-0.2, 0) is 11.2 Å². The summed E-state index contributed by atoms with van der Waals surface area (Å²) in [4.78, 5) is 4.54. The van der Waals surface area contributed by atoms with E-state index in [2.05, 4.69) is 53.4 Å². The van der Waals surface area contributed by atoms with Crippen LogP contribution in [0.25, 0.3) is 0 Å². The maximum absolute atomic E-state index is 6.11. The van der Waals surface area contributed by atoms with Crippen molar-refractivity contribution in [2.75, 3.05) is 26.2 Å². The van der Waals surface area contributed by atoms with Crippen LogP contribution in [0.1, 0.15) is 43.4 Å². The Hall–Kier alpha value is -1.81. The molecule has 4 heteroatoms. The fourth-order valence-corrected chi connectivity index (χ4v) is 2.87. The van der Waals surface area contributed by atoms with Crippen LogP contribution in [0.2, 0.25) is 0 Å². The second kappa shape index (κ2) is 10.1. The normalized spacial score (nSPS) is 17.4. The monoisotopic (exact) mass is 315 g/mol. The summed E-state index contributed by atoms with van der Waals surface area (Å²) in [7, 11) is 0. The third-order valence-corrected chi connectivity index (χ3v) is 3.96. The Balaban J connectivity index is 1.74. The van der Waals surface area contributed by atoms with E-state index in [1.165, 1.54) is 24.0 Å². The molecule has 0 radical (unpaired) electrons. The highest BCUT2D eigenvalue weighted by atomic mass is 16.5. The molecular weight excluding hydrogens is 286 g/mol. The molecule has 1 aliphatic rings. The van der Waals surface area contributed by atoms with Crippen molar-refractivity contribution in [2.45, 2.75) is 38.7 Å². The van der Waals surface area contributed by atoms with Gasteiger partial charge in [0.2, 0.25) is 0 Å². The average molecular weight is 315 g/mol. The Morgan fingerprint density at radius 3 is 3.09 bits per heavy atom. The minimum absolute atomic E-state index is 0.260. The SMILES string of the molecule is C=CCNC(=NCCCOC1CCCc2ccccc21)NCC. The minimum Gasteiger partial charge on any atom is -0.373 e. The van der Waals surface area contributed by atoms with E-state index in [0.717, 1.165) is 45.0 Å². The minimum atomic E-state index is 0.260. The number of guanidine groups is 1. The molecule has 0 spiro atoms. The zero-order valence-corrected chi connectivity index (χ0v) is 14.2. The first-order chi connectivity index (χ1) is 11.3. The van der Waals surface area contributed by atoms with Gasteiger partial charge in [-0.3, -0.25) is 4.99 Å². The fourth-order valence-electron chi connectivity index (χ4n) is 2.87. The van der Waals surface area contributed by atoms with Crippen LogP contribution in [0.4, 0.5) is 0 Å². The first-order valence-corrected chi connectivity index (χ1v) is 8.67. The van der Waals surface area contributed by atoms with Gasteiger partial charge in [-0.25, -0.2) is 0 Å². The number of ether oxygens (including phenoxy) is 1. The predicted octanol–water partition coefficient (Wildman–Crippen LogP) is 3.21. The molecule has 1 unspecified atom stereocenters. The highest BCUT2D eigenvalue weighted by Gasteiger charge is 2.19. The van der Waals surface area contributed by atoms with Gasteiger partial charge in [0.15, 0.2) is 5.96 Å². The Kier molecular flexibility index (Phi) is 7.67. The van der Waals surface area contributed by atoms with Crippen LogP contribution in [0.3, 0.4) is 0 Å². The molecule has 0 aliphatic heterocycles. The summed E-state index contributed by atoms with van der Waals surface area (Å²) in [5.41, 5.74) is 2.83. The van der Waals surface area contributed by atoms with Gasteiger partial charge >= 0.3 is 0 Å². The van der Waals surface area contributed by atoms with E-state index in [9.17, 15) is 0 Å². The first kappa shape index (κ1) is 17.5. The van der Waals surface area contributed by atoms with Crippen LogP contribution in [0.15, 0.2) is 41.9 Å². The van der Waals surface area contributed by atoms with Crippen molar-refractivity contribution in [3.8, 4) is 0 Å². The molecule has 1 atom stereocenters. The highest BCUT2D eigenvalue weighted by molar-refractivity contribution is 5.79. The average Bonchev–Trinajstić information content (AvgIpc) is 2.59. The summed E-state index contributed by atoms with van der Waals surface area (Å²) >= 11 is 0. The summed E-state index contributed by atoms with van der Waals surface area (Å²) < 4.78 is 6.11. The molecule has 1 aliphatic carbocycles. The molecule has 0 saturated carbocycles. The van der Waals surface area contributed by atoms with E-state index in [0.29, 0.717) is 0 Å². The third kappa shape index (κ3) is 5.71. The number of hydrogen-bond donors (Lipinski definition) is 2. The molecule has 2 N–H and O–H groups in total. The molecule has 0 aromatic heterocycles. The Morgan fingerprint density at radius 1 is 1.39 bits per heavy atom. The smallest absolute Gasteiger partial charge is 0.191 e. The lowest BCUT2D eigenvalue weighted by Gasteiger charge is -2.25. The van der Waals surface area contributed by atoms with Crippen LogP contribution < -0.4 is 10.6 Å². The summed E-state index contributed by atoms with van der Waals surface area (Å²) in [5.74, 6) is 0.843. The van der Waals surface area contributed by atoms with Crippen molar-refractivity contribution in [2.24, 2.45) is 4.99 Å². The summed E-state index contributed by atoms with van der Waals surface area (Å²) in [6, 6.07) is 8.66. The lowest BCUT2D eigenvalue weighted by Crippen LogP contribution is -2.37. The number of fused-ring (bicyclic) bond motifs is 1. The van der Waals surface area contributed by atoms with Crippen molar-refractivity contribution in [3.05, 3.63) is 48.0 Å². The van der Waals surface area contributed by atoms with Crippen molar-refractivity contribution in [1.82, 2.24) is 10.6 Å². The lowest BCUT2D eigenvalue weighted by atomic mass is 9.89. The number of nitrogens with zero attached hydrogens (tertiary/aromatic N) is 1. The largest absolute Gasteiger partial charge is 0.373 e. The zero-order valence-electron chi connectivity index (χ0n) is 14.2. The van der Waals surface area contributed by atoms with Gasteiger partial charge in [0.1, 0.15) is 0 Å². The number of hydrogen-bond acceptors (Lipinski definition) is 2. The molecule has 0 amide bonds. The van der Waals surface area contributed by atoms with E-state index in [1.54, 1.807) is 0 Å². The molecule has 23 heavy (non-hydrogen) atoms. The molecule has 1 aromatic carbocycles. The standard InChI is InChI=1S/C19H29N3O/c1-3-13-21-19(20-4-2)22-14-8-15-23-18-12-7-10-16-9-5-6-11-17(16)18/h3,5-6,9,11,18H,1,4,7-8,10,12-15H2,2H3,(H2,20,21,22). The zero-order chi connectivity index (χ0) is 16.3. The predicted molar refractivity (Wildman–Crippen MR) is 96.9 cm³/mol. The second-order valence-electron chi connectivity index (χ2n) is 5.73. The molecule has 0 bridgehead atoms. The van der Waals surface area contributed by atoms with Gasteiger partial charge < -0.3 is 15.4 Å². The van der Waals surface area contributed by atoms with E-state index in [-0.39, 0.29) is 6.10 Å². The van der Waals surface area contributed by atoms with Crippen molar-refractivity contribution in [1.29, 1.82) is 0 Å². The summed E-state index contributed by atoms with van der Waals surface area (Å²) in [6.45, 7) is 8.87. The van der Waals surface area contributed by atoms with Gasteiger partial charge in [0.25, 0.3) is 0 Å². The summed E-state index contributed by atoms with van der Waals surface area (Å²) in [5, 5.41) is 6.42. The number of rotatable bonds is 8. The number of nitrogens with one attached hydrogen (secondary N) is 2. The van der Waals surface area contributed by atoms with Gasteiger partial charge in [0.05, 0.1) is 6.10 Å². The Labute approximate surface area is 140 Å². The maximum atomic E-state index is 6.11. The third-order valence-electron chi connectivity index (χ3n) is 3.96. The Bertz CT molecular complexity index is 513. The molecule has 126 valence electrons. The molecule has 1 aromatic rings. The fraction of sp³-hybridized carbons (Fsp3) is 0.526. The van der Waals surface area contributed by atoms with Crippen molar-refractivity contribution < 1.29 is 4.74 Å². The number of aryl methyl sites for hydroxylation is 1. The topological polar surface area (TPSA) is 45.7 Å². The van der Waals surface area contributed by atoms with Crippen molar-refractivity contribution in [3.63, 3.8) is 0 Å². The molecule has 2 rings (SSSR count). The van der Waals surface area contributed by atoms with Crippen LogP contribution in [0, 0.1) is 0 Å². The Morgan fingerprint density at radius 2 is 2.26 bits per heavy atom. The van der Waals surface area contributed by atoms with Crippen LogP contribution in [0.5, 0.6) is 0 Å². The number of benzene rings is 1.